The van der Waals surface area contributed by atoms with Gasteiger partial charge in [-0.1, -0.05) is 0 Å². The summed E-state index contributed by atoms with van der Waals surface area (Å²) < 4.78 is 11.0. The standard InChI is InChI=1S/C12H22N2O3/c1-12(2,3)17-11(15)13-9-5-7-14-6-4-8-16-10(9)14/h9-10H,4-8H2,1-3H3,(H,13,15)/t9-,10+/m0/s1. The molecule has 2 heterocycles. The quantitative estimate of drug-likeness (QED) is 0.753. The Morgan fingerprint density at radius 2 is 2.18 bits per heavy atom. The number of alkyl carbamates (subject to hydrolysis) is 1. The Morgan fingerprint density at radius 3 is 2.88 bits per heavy atom. The summed E-state index contributed by atoms with van der Waals surface area (Å²) in [5, 5.41) is 2.91. The second kappa shape index (κ2) is 4.82. The minimum atomic E-state index is -0.449. The van der Waals surface area contributed by atoms with Gasteiger partial charge in [0.15, 0.2) is 0 Å². The Balaban J connectivity index is 1.85. The van der Waals surface area contributed by atoms with Crippen molar-refractivity contribution < 1.29 is 14.3 Å². The number of rotatable bonds is 1. The van der Waals surface area contributed by atoms with E-state index in [9.17, 15) is 4.79 Å². The zero-order valence-electron chi connectivity index (χ0n) is 10.9. The van der Waals surface area contributed by atoms with Crippen molar-refractivity contribution in [3.8, 4) is 0 Å². The molecule has 2 aliphatic heterocycles. The summed E-state index contributed by atoms with van der Waals surface area (Å²) in [5.74, 6) is 0. The fourth-order valence-corrected chi connectivity index (χ4v) is 2.36. The summed E-state index contributed by atoms with van der Waals surface area (Å²) in [5.41, 5.74) is -0.449. The minimum Gasteiger partial charge on any atom is -0.444 e. The molecule has 0 saturated carbocycles. The first kappa shape index (κ1) is 12.6. The zero-order chi connectivity index (χ0) is 12.5. The second-order valence-electron chi connectivity index (χ2n) is 5.69. The van der Waals surface area contributed by atoms with Gasteiger partial charge in [-0.05, 0) is 33.6 Å². The molecule has 1 amide bonds. The van der Waals surface area contributed by atoms with Gasteiger partial charge in [0.25, 0.3) is 0 Å². The highest BCUT2D eigenvalue weighted by atomic mass is 16.6. The third kappa shape index (κ3) is 3.33. The number of carbonyl (C=O) groups is 1. The molecule has 1 N–H and O–H groups in total. The summed E-state index contributed by atoms with van der Waals surface area (Å²) in [4.78, 5) is 14.0. The fraction of sp³-hybridized carbons (Fsp3) is 0.917. The lowest BCUT2D eigenvalue weighted by Gasteiger charge is -2.32. The number of hydrogen-bond donors (Lipinski definition) is 1. The Hall–Kier alpha value is -0.810. The molecular formula is C12H22N2O3. The van der Waals surface area contributed by atoms with Crippen LogP contribution < -0.4 is 5.32 Å². The molecule has 17 heavy (non-hydrogen) atoms. The van der Waals surface area contributed by atoms with Crippen LogP contribution in [0.1, 0.15) is 33.6 Å². The summed E-state index contributed by atoms with van der Waals surface area (Å²) in [6.45, 7) is 8.44. The van der Waals surface area contributed by atoms with E-state index in [1.54, 1.807) is 0 Å². The topological polar surface area (TPSA) is 50.8 Å². The van der Waals surface area contributed by atoms with Crippen molar-refractivity contribution in [2.24, 2.45) is 0 Å². The molecule has 0 spiro atoms. The lowest BCUT2D eigenvalue weighted by molar-refractivity contribution is -0.0827. The van der Waals surface area contributed by atoms with Gasteiger partial charge in [0.2, 0.25) is 0 Å². The van der Waals surface area contributed by atoms with Gasteiger partial charge in [-0.3, -0.25) is 4.90 Å². The first-order chi connectivity index (χ1) is 7.96. The molecule has 2 fully saturated rings. The number of amides is 1. The number of fused-ring (bicyclic) bond motifs is 1. The molecule has 5 nitrogen and oxygen atoms in total. The summed E-state index contributed by atoms with van der Waals surface area (Å²) in [6, 6.07) is 0.0603. The normalized spacial score (nSPS) is 29.8. The molecule has 98 valence electrons. The van der Waals surface area contributed by atoms with Crippen LogP contribution in [0, 0.1) is 0 Å². The van der Waals surface area contributed by atoms with Crippen LogP contribution in [0.3, 0.4) is 0 Å². The maximum absolute atomic E-state index is 11.7. The van der Waals surface area contributed by atoms with Gasteiger partial charge in [0, 0.05) is 13.1 Å². The fourth-order valence-electron chi connectivity index (χ4n) is 2.36. The van der Waals surface area contributed by atoms with Crippen molar-refractivity contribution in [2.75, 3.05) is 19.7 Å². The van der Waals surface area contributed by atoms with Crippen LogP contribution in [0.4, 0.5) is 4.79 Å². The van der Waals surface area contributed by atoms with Crippen molar-refractivity contribution in [2.45, 2.75) is 51.5 Å². The molecule has 5 heteroatoms. The summed E-state index contributed by atoms with van der Waals surface area (Å²) >= 11 is 0. The predicted octanol–water partition coefficient (Wildman–Crippen LogP) is 1.33. The molecule has 2 saturated heterocycles. The van der Waals surface area contributed by atoms with E-state index < -0.39 is 5.60 Å². The molecule has 0 bridgehead atoms. The van der Waals surface area contributed by atoms with E-state index in [0.29, 0.717) is 0 Å². The van der Waals surface area contributed by atoms with Crippen molar-refractivity contribution in [3.05, 3.63) is 0 Å². The van der Waals surface area contributed by atoms with E-state index in [1.165, 1.54) is 0 Å². The third-order valence-electron chi connectivity index (χ3n) is 3.01. The van der Waals surface area contributed by atoms with Crippen molar-refractivity contribution >= 4 is 6.09 Å². The van der Waals surface area contributed by atoms with Crippen LogP contribution in [0.25, 0.3) is 0 Å². The Kier molecular flexibility index (Phi) is 3.58. The molecule has 0 aromatic rings. The lowest BCUT2D eigenvalue weighted by atomic mass is 10.2. The van der Waals surface area contributed by atoms with Crippen LogP contribution in [0.5, 0.6) is 0 Å². The predicted molar refractivity (Wildman–Crippen MR) is 63.7 cm³/mol. The lowest BCUT2D eigenvalue weighted by Crippen LogP contribution is -2.50. The molecule has 0 aromatic heterocycles. The monoisotopic (exact) mass is 242 g/mol. The van der Waals surface area contributed by atoms with Gasteiger partial charge < -0.3 is 14.8 Å². The van der Waals surface area contributed by atoms with Crippen LogP contribution in [0.15, 0.2) is 0 Å². The van der Waals surface area contributed by atoms with Crippen LogP contribution >= 0.6 is 0 Å². The van der Waals surface area contributed by atoms with E-state index in [0.717, 1.165) is 32.5 Å². The van der Waals surface area contributed by atoms with Crippen molar-refractivity contribution in [3.63, 3.8) is 0 Å². The molecule has 0 unspecified atom stereocenters. The average molecular weight is 242 g/mol. The van der Waals surface area contributed by atoms with Crippen LogP contribution in [0.2, 0.25) is 0 Å². The SMILES string of the molecule is CC(C)(C)OC(=O)N[C@H]1CCN2CCCO[C@H]12. The van der Waals surface area contributed by atoms with Crippen LogP contribution in [-0.4, -0.2) is 48.6 Å². The Labute approximate surface area is 102 Å². The molecular weight excluding hydrogens is 220 g/mol. The smallest absolute Gasteiger partial charge is 0.408 e. The highest BCUT2D eigenvalue weighted by molar-refractivity contribution is 5.68. The third-order valence-corrected chi connectivity index (χ3v) is 3.01. The van der Waals surface area contributed by atoms with Gasteiger partial charge in [-0.25, -0.2) is 4.79 Å². The van der Waals surface area contributed by atoms with Gasteiger partial charge in [-0.15, -0.1) is 0 Å². The van der Waals surface area contributed by atoms with Crippen LogP contribution in [-0.2, 0) is 9.47 Å². The largest absolute Gasteiger partial charge is 0.444 e. The van der Waals surface area contributed by atoms with Gasteiger partial charge >= 0.3 is 6.09 Å². The van der Waals surface area contributed by atoms with Gasteiger partial charge in [0.1, 0.15) is 11.8 Å². The maximum Gasteiger partial charge on any atom is 0.408 e. The van der Waals surface area contributed by atoms with Crippen molar-refractivity contribution in [1.29, 1.82) is 0 Å². The van der Waals surface area contributed by atoms with E-state index >= 15 is 0 Å². The Morgan fingerprint density at radius 1 is 1.41 bits per heavy atom. The highest BCUT2D eigenvalue weighted by Gasteiger charge is 2.38. The maximum atomic E-state index is 11.7. The minimum absolute atomic E-state index is 0.0382. The first-order valence-electron chi connectivity index (χ1n) is 6.31. The van der Waals surface area contributed by atoms with E-state index in [4.69, 9.17) is 9.47 Å². The first-order valence-corrected chi connectivity index (χ1v) is 6.31. The zero-order valence-corrected chi connectivity index (χ0v) is 10.9. The molecule has 0 radical (unpaired) electrons. The van der Waals surface area contributed by atoms with Gasteiger partial charge in [0.05, 0.1) is 12.6 Å². The van der Waals surface area contributed by atoms with E-state index in [1.807, 2.05) is 20.8 Å². The number of ether oxygens (including phenoxy) is 2. The molecule has 2 atom stereocenters. The van der Waals surface area contributed by atoms with Gasteiger partial charge in [-0.2, -0.15) is 0 Å². The second-order valence-corrected chi connectivity index (χ2v) is 5.69. The Bertz CT molecular complexity index is 288. The van der Waals surface area contributed by atoms with E-state index in [-0.39, 0.29) is 18.4 Å². The highest BCUT2D eigenvalue weighted by Crippen LogP contribution is 2.23. The average Bonchev–Trinajstić information content (AvgIpc) is 2.59. The number of hydrogen-bond acceptors (Lipinski definition) is 4. The number of nitrogens with one attached hydrogen (secondary N) is 1. The molecule has 2 aliphatic rings. The summed E-state index contributed by atoms with van der Waals surface area (Å²) in [6.07, 6.45) is 1.70. The molecule has 0 aromatic carbocycles. The number of nitrogens with zero attached hydrogens (tertiary/aromatic N) is 1. The molecule has 0 aliphatic carbocycles. The number of carbonyl (C=O) groups excluding carboxylic acids is 1. The van der Waals surface area contributed by atoms with E-state index in [2.05, 4.69) is 10.2 Å². The summed E-state index contributed by atoms with van der Waals surface area (Å²) in [7, 11) is 0. The van der Waals surface area contributed by atoms with Crippen molar-refractivity contribution in [1.82, 2.24) is 10.2 Å². The molecule has 2 rings (SSSR count).